The maximum absolute atomic E-state index is 11.8. The molecular formula is C14H20N2O6S. The molecule has 0 fully saturated rings. The van der Waals surface area contributed by atoms with Crippen LogP contribution in [0.5, 0.6) is 0 Å². The highest BCUT2D eigenvalue weighted by Crippen LogP contribution is 2.12. The number of benzene rings is 1. The lowest BCUT2D eigenvalue weighted by Gasteiger charge is -2.15. The number of hydrogen-bond acceptors (Lipinski definition) is 5. The van der Waals surface area contributed by atoms with Crippen LogP contribution in [0.15, 0.2) is 30.3 Å². The molecule has 0 radical (unpaired) electrons. The molecule has 0 heterocycles. The molecule has 8 nitrogen and oxygen atoms in total. The Bertz CT molecular complexity index is 617. The molecule has 1 aromatic rings. The van der Waals surface area contributed by atoms with E-state index in [9.17, 15) is 23.1 Å². The van der Waals surface area contributed by atoms with Crippen LogP contribution in [-0.2, 0) is 24.3 Å². The summed E-state index contributed by atoms with van der Waals surface area (Å²) in [6, 6.07) is 6.89. The summed E-state index contributed by atoms with van der Waals surface area (Å²) < 4.78 is 30.3. The van der Waals surface area contributed by atoms with Crippen molar-refractivity contribution in [2.24, 2.45) is 0 Å². The third-order valence-corrected chi connectivity index (χ3v) is 4.13. The number of aliphatic carboxylic acids is 1. The van der Waals surface area contributed by atoms with Gasteiger partial charge in [-0.25, -0.2) is 17.9 Å². The van der Waals surface area contributed by atoms with E-state index < -0.39 is 34.5 Å². The molecule has 1 rings (SSSR count). The summed E-state index contributed by atoms with van der Waals surface area (Å²) in [6.45, 7) is 1.62. The fraction of sp³-hybridized carbons (Fsp3) is 0.429. The molecule has 3 N–H and O–H groups in total. The van der Waals surface area contributed by atoms with Crippen molar-refractivity contribution < 1.29 is 27.9 Å². The molecule has 0 unspecified atom stereocenters. The van der Waals surface area contributed by atoms with Gasteiger partial charge in [-0.05, 0) is 12.5 Å². The molecule has 0 aliphatic rings. The normalized spacial score (nSPS) is 12.6. The zero-order valence-corrected chi connectivity index (χ0v) is 13.5. The van der Waals surface area contributed by atoms with E-state index in [4.69, 9.17) is 4.74 Å². The Morgan fingerprint density at radius 1 is 1.26 bits per heavy atom. The molecule has 0 aliphatic heterocycles. The van der Waals surface area contributed by atoms with E-state index in [1.54, 1.807) is 37.3 Å². The average Bonchev–Trinajstić information content (AvgIpc) is 2.51. The maximum Gasteiger partial charge on any atom is 0.330 e. The third-order valence-electron chi connectivity index (χ3n) is 2.84. The van der Waals surface area contributed by atoms with Crippen molar-refractivity contribution in [1.82, 2.24) is 10.0 Å². The van der Waals surface area contributed by atoms with E-state index >= 15 is 0 Å². The first-order chi connectivity index (χ1) is 10.9. The third kappa shape index (κ3) is 7.22. The number of nitrogens with one attached hydrogen (secondary N) is 2. The summed E-state index contributed by atoms with van der Waals surface area (Å²) in [7, 11) is -3.65. The van der Waals surface area contributed by atoms with E-state index in [-0.39, 0.29) is 12.4 Å². The summed E-state index contributed by atoms with van der Waals surface area (Å²) in [6.07, 6.45) is 0. The van der Waals surface area contributed by atoms with Crippen molar-refractivity contribution in [3.63, 3.8) is 0 Å². The minimum absolute atomic E-state index is 0.0230. The molecule has 1 amide bonds. The van der Waals surface area contributed by atoms with E-state index in [0.29, 0.717) is 12.2 Å². The van der Waals surface area contributed by atoms with Crippen LogP contribution in [0.25, 0.3) is 0 Å². The van der Waals surface area contributed by atoms with Crippen molar-refractivity contribution in [1.29, 1.82) is 0 Å². The molecule has 1 atom stereocenters. The molecule has 0 saturated carbocycles. The highest BCUT2D eigenvalue weighted by Gasteiger charge is 2.22. The molecule has 0 aromatic heterocycles. The smallest absolute Gasteiger partial charge is 0.330 e. The SMILES string of the molecule is CCOCCS(=O)(=O)NCC(=O)N[C@@H](C(=O)O)c1ccccc1. The van der Waals surface area contributed by atoms with Crippen molar-refractivity contribution in [2.45, 2.75) is 13.0 Å². The number of ether oxygens (including phenoxy) is 1. The monoisotopic (exact) mass is 344 g/mol. The van der Waals surface area contributed by atoms with E-state index in [1.807, 2.05) is 0 Å². The van der Waals surface area contributed by atoms with Crippen LogP contribution >= 0.6 is 0 Å². The van der Waals surface area contributed by atoms with Crippen LogP contribution in [-0.4, -0.2) is 50.9 Å². The Hall–Kier alpha value is -1.97. The fourth-order valence-electron chi connectivity index (χ4n) is 1.71. The van der Waals surface area contributed by atoms with Gasteiger partial charge in [-0.1, -0.05) is 30.3 Å². The van der Waals surface area contributed by atoms with Gasteiger partial charge in [0.15, 0.2) is 6.04 Å². The molecule has 1 aromatic carbocycles. The zero-order valence-electron chi connectivity index (χ0n) is 12.7. The van der Waals surface area contributed by atoms with Gasteiger partial charge in [0, 0.05) is 6.61 Å². The van der Waals surface area contributed by atoms with Crippen molar-refractivity contribution >= 4 is 21.9 Å². The zero-order chi connectivity index (χ0) is 17.3. The summed E-state index contributed by atoms with van der Waals surface area (Å²) >= 11 is 0. The van der Waals surface area contributed by atoms with Gasteiger partial charge >= 0.3 is 5.97 Å². The number of carbonyl (C=O) groups is 2. The van der Waals surface area contributed by atoms with Crippen LogP contribution in [0.2, 0.25) is 0 Å². The summed E-state index contributed by atoms with van der Waals surface area (Å²) in [5.74, 6) is -2.24. The highest BCUT2D eigenvalue weighted by molar-refractivity contribution is 7.89. The van der Waals surface area contributed by atoms with E-state index in [2.05, 4.69) is 10.0 Å². The van der Waals surface area contributed by atoms with Crippen LogP contribution in [0, 0.1) is 0 Å². The van der Waals surface area contributed by atoms with Crippen LogP contribution in [0.3, 0.4) is 0 Å². The lowest BCUT2D eigenvalue weighted by atomic mass is 10.1. The second kappa shape index (κ2) is 9.23. The minimum Gasteiger partial charge on any atom is -0.479 e. The first-order valence-electron chi connectivity index (χ1n) is 6.98. The molecule has 0 bridgehead atoms. The molecule has 0 aliphatic carbocycles. The lowest BCUT2D eigenvalue weighted by Crippen LogP contribution is -2.41. The number of carboxylic acids is 1. The standard InChI is InChI=1S/C14H20N2O6S/c1-2-22-8-9-23(20,21)15-10-12(17)16-13(14(18)19)11-6-4-3-5-7-11/h3-7,13,15H,2,8-10H2,1H3,(H,16,17)(H,18,19)/t13-/m1/s1. The second-order valence-corrected chi connectivity index (χ2v) is 6.51. The lowest BCUT2D eigenvalue weighted by molar-refractivity contribution is -0.141. The molecule has 23 heavy (non-hydrogen) atoms. The van der Waals surface area contributed by atoms with Gasteiger partial charge in [0.1, 0.15) is 0 Å². The summed E-state index contributed by atoms with van der Waals surface area (Å²) in [5, 5.41) is 11.5. The molecule has 9 heteroatoms. The van der Waals surface area contributed by atoms with Crippen LogP contribution in [0.1, 0.15) is 18.5 Å². The molecule has 0 spiro atoms. The molecule has 128 valence electrons. The summed E-state index contributed by atoms with van der Waals surface area (Å²) in [4.78, 5) is 23.0. The summed E-state index contributed by atoms with van der Waals surface area (Å²) in [5.41, 5.74) is 0.396. The Morgan fingerprint density at radius 3 is 2.48 bits per heavy atom. The van der Waals surface area contributed by atoms with Gasteiger partial charge in [0.2, 0.25) is 15.9 Å². The van der Waals surface area contributed by atoms with Gasteiger partial charge in [0.25, 0.3) is 0 Å². The Morgan fingerprint density at radius 2 is 1.91 bits per heavy atom. The quantitative estimate of drug-likeness (QED) is 0.509. The van der Waals surface area contributed by atoms with Gasteiger partial charge in [-0.15, -0.1) is 0 Å². The predicted molar refractivity (Wildman–Crippen MR) is 83.2 cm³/mol. The van der Waals surface area contributed by atoms with Gasteiger partial charge in [-0.2, -0.15) is 0 Å². The van der Waals surface area contributed by atoms with Gasteiger partial charge in [-0.3, -0.25) is 4.79 Å². The molecular weight excluding hydrogens is 324 g/mol. The minimum atomic E-state index is -3.65. The average molecular weight is 344 g/mol. The number of sulfonamides is 1. The number of hydrogen-bond donors (Lipinski definition) is 3. The number of carboxylic acid groups (broad SMARTS) is 1. The fourth-order valence-corrected chi connectivity index (χ4v) is 2.54. The number of amides is 1. The second-order valence-electron chi connectivity index (χ2n) is 4.59. The Balaban J connectivity index is 2.56. The van der Waals surface area contributed by atoms with Crippen molar-refractivity contribution in [3.8, 4) is 0 Å². The Labute approximate surface area is 134 Å². The first-order valence-corrected chi connectivity index (χ1v) is 8.63. The molecule has 0 saturated heterocycles. The highest BCUT2D eigenvalue weighted by atomic mass is 32.2. The Kier molecular flexibility index (Phi) is 7.66. The van der Waals surface area contributed by atoms with Crippen LogP contribution in [0.4, 0.5) is 0 Å². The predicted octanol–water partition coefficient (Wildman–Crippen LogP) is -0.116. The van der Waals surface area contributed by atoms with Gasteiger partial charge < -0.3 is 15.2 Å². The van der Waals surface area contributed by atoms with Crippen molar-refractivity contribution in [3.05, 3.63) is 35.9 Å². The van der Waals surface area contributed by atoms with Crippen molar-refractivity contribution in [2.75, 3.05) is 25.5 Å². The topological polar surface area (TPSA) is 122 Å². The van der Waals surface area contributed by atoms with Crippen LogP contribution < -0.4 is 10.0 Å². The number of rotatable bonds is 10. The van der Waals surface area contributed by atoms with E-state index in [0.717, 1.165) is 0 Å². The van der Waals surface area contributed by atoms with E-state index in [1.165, 1.54) is 0 Å². The number of carbonyl (C=O) groups excluding carboxylic acids is 1. The first kappa shape index (κ1) is 19.1. The maximum atomic E-state index is 11.8. The van der Waals surface area contributed by atoms with Gasteiger partial charge in [0.05, 0.1) is 18.9 Å². The largest absolute Gasteiger partial charge is 0.479 e.